The van der Waals surface area contributed by atoms with Gasteiger partial charge in [0.1, 0.15) is 11.6 Å². The minimum absolute atomic E-state index is 0.0742. The summed E-state index contributed by atoms with van der Waals surface area (Å²) in [5, 5.41) is 12.0. The Morgan fingerprint density at radius 2 is 2.22 bits per heavy atom. The standard InChI is InChI=1S/C12H10ClN3O2/c13-12-14-5-4-10(16-12)15-11(18)7-8-2-1-3-9(17)6-8/h1-6,17H,7H2,(H,14,15,16,18). The molecule has 0 saturated carbocycles. The molecule has 2 aromatic rings. The number of benzene rings is 1. The predicted octanol–water partition coefficient (Wildman–Crippen LogP) is 2.02. The number of aromatic hydroxyl groups is 1. The van der Waals surface area contributed by atoms with Crippen molar-refractivity contribution in [2.24, 2.45) is 0 Å². The molecule has 0 aliphatic heterocycles. The van der Waals surface area contributed by atoms with Gasteiger partial charge < -0.3 is 10.4 Å². The second kappa shape index (κ2) is 5.46. The average molecular weight is 264 g/mol. The van der Waals surface area contributed by atoms with Crippen LogP contribution in [0.25, 0.3) is 0 Å². The van der Waals surface area contributed by atoms with Crippen molar-refractivity contribution in [2.75, 3.05) is 5.32 Å². The largest absolute Gasteiger partial charge is 0.508 e. The molecule has 1 aromatic heterocycles. The van der Waals surface area contributed by atoms with Crippen molar-refractivity contribution in [3.05, 3.63) is 47.4 Å². The number of nitrogens with one attached hydrogen (secondary N) is 1. The number of carbonyl (C=O) groups is 1. The third-order valence-corrected chi connectivity index (χ3v) is 2.35. The topological polar surface area (TPSA) is 75.1 Å². The molecule has 0 aliphatic rings. The molecule has 0 radical (unpaired) electrons. The number of aromatic nitrogens is 2. The molecule has 18 heavy (non-hydrogen) atoms. The normalized spacial score (nSPS) is 10.1. The van der Waals surface area contributed by atoms with E-state index >= 15 is 0 Å². The van der Waals surface area contributed by atoms with Crippen LogP contribution in [-0.4, -0.2) is 21.0 Å². The predicted molar refractivity (Wildman–Crippen MR) is 67.5 cm³/mol. The summed E-state index contributed by atoms with van der Waals surface area (Å²) < 4.78 is 0. The first kappa shape index (κ1) is 12.3. The third kappa shape index (κ3) is 3.43. The van der Waals surface area contributed by atoms with Gasteiger partial charge in [0.2, 0.25) is 11.2 Å². The van der Waals surface area contributed by atoms with Crippen molar-refractivity contribution >= 4 is 23.3 Å². The van der Waals surface area contributed by atoms with Crippen LogP contribution in [0.2, 0.25) is 5.28 Å². The molecule has 2 rings (SSSR count). The molecule has 92 valence electrons. The highest BCUT2D eigenvalue weighted by atomic mass is 35.5. The molecule has 0 aliphatic carbocycles. The molecule has 1 heterocycles. The van der Waals surface area contributed by atoms with Gasteiger partial charge >= 0.3 is 0 Å². The summed E-state index contributed by atoms with van der Waals surface area (Å²) in [7, 11) is 0. The van der Waals surface area contributed by atoms with Crippen LogP contribution >= 0.6 is 11.6 Å². The fourth-order valence-electron chi connectivity index (χ4n) is 1.44. The van der Waals surface area contributed by atoms with Crippen LogP contribution in [0.3, 0.4) is 0 Å². The number of halogens is 1. The van der Waals surface area contributed by atoms with Crippen LogP contribution in [0.1, 0.15) is 5.56 Å². The first-order valence-corrected chi connectivity index (χ1v) is 5.57. The fourth-order valence-corrected chi connectivity index (χ4v) is 1.59. The summed E-state index contributed by atoms with van der Waals surface area (Å²) in [5.74, 6) is 0.237. The lowest BCUT2D eigenvalue weighted by Crippen LogP contribution is -2.15. The number of nitrogens with zero attached hydrogens (tertiary/aromatic N) is 2. The molecule has 0 unspecified atom stereocenters. The zero-order valence-electron chi connectivity index (χ0n) is 9.30. The number of carbonyl (C=O) groups excluding carboxylic acids is 1. The lowest BCUT2D eigenvalue weighted by molar-refractivity contribution is -0.115. The maximum absolute atomic E-state index is 11.7. The molecule has 0 spiro atoms. The Morgan fingerprint density at radius 1 is 1.39 bits per heavy atom. The van der Waals surface area contributed by atoms with Crippen LogP contribution in [0.15, 0.2) is 36.5 Å². The Kier molecular flexibility index (Phi) is 3.74. The van der Waals surface area contributed by atoms with Gasteiger partial charge in [-0.1, -0.05) is 12.1 Å². The van der Waals surface area contributed by atoms with Crippen molar-refractivity contribution in [1.82, 2.24) is 9.97 Å². The van der Waals surface area contributed by atoms with E-state index in [1.807, 2.05) is 0 Å². The van der Waals surface area contributed by atoms with Gasteiger partial charge in [-0.2, -0.15) is 0 Å². The Balaban J connectivity index is 2.01. The van der Waals surface area contributed by atoms with Crippen molar-refractivity contribution in [1.29, 1.82) is 0 Å². The molecule has 1 aromatic carbocycles. The summed E-state index contributed by atoms with van der Waals surface area (Å²) in [6, 6.07) is 8.07. The Hall–Kier alpha value is -2.14. The number of rotatable bonds is 3. The van der Waals surface area contributed by atoms with Crippen molar-refractivity contribution in [3.63, 3.8) is 0 Å². The van der Waals surface area contributed by atoms with E-state index in [4.69, 9.17) is 11.6 Å². The second-order valence-corrected chi connectivity index (χ2v) is 3.94. The van der Waals surface area contributed by atoms with Gasteiger partial charge in [-0.05, 0) is 35.4 Å². The number of amides is 1. The van der Waals surface area contributed by atoms with E-state index in [0.29, 0.717) is 11.4 Å². The summed E-state index contributed by atoms with van der Waals surface area (Å²) in [6.07, 6.45) is 1.61. The van der Waals surface area contributed by atoms with Gasteiger partial charge in [-0.3, -0.25) is 4.79 Å². The summed E-state index contributed by atoms with van der Waals surface area (Å²) in [4.78, 5) is 19.3. The number of phenols is 1. The second-order valence-electron chi connectivity index (χ2n) is 3.61. The minimum Gasteiger partial charge on any atom is -0.508 e. The summed E-state index contributed by atoms with van der Waals surface area (Å²) >= 11 is 5.60. The molecular weight excluding hydrogens is 254 g/mol. The Labute approximate surface area is 108 Å². The van der Waals surface area contributed by atoms with E-state index in [1.165, 1.54) is 12.3 Å². The summed E-state index contributed by atoms with van der Waals surface area (Å²) in [5.41, 5.74) is 0.715. The molecule has 5 nitrogen and oxygen atoms in total. The maximum atomic E-state index is 11.7. The van der Waals surface area contributed by atoms with Gasteiger partial charge in [0.05, 0.1) is 6.42 Å². The third-order valence-electron chi connectivity index (χ3n) is 2.17. The van der Waals surface area contributed by atoms with Crippen LogP contribution in [0, 0.1) is 0 Å². The zero-order chi connectivity index (χ0) is 13.0. The van der Waals surface area contributed by atoms with E-state index in [0.717, 1.165) is 0 Å². The van der Waals surface area contributed by atoms with Crippen LogP contribution in [-0.2, 0) is 11.2 Å². The van der Waals surface area contributed by atoms with E-state index in [9.17, 15) is 9.90 Å². The fraction of sp³-hybridized carbons (Fsp3) is 0.0833. The number of phenolic OH excluding ortho intramolecular Hbond substituents is 1. The molecule has 6 heteroatoms. The molecule has 0 bridgehead atoms. The van der Waals surface area contributed by atoms with Crippen LogP contribution in [0.4, 0.5) is 5.82 Å². The first-order valence-electron chi connectivity index (χ1n) is 5.20. The highest BCUT2D eigenvalue weighted by molar-refractivity contribution is 6.28. The van der Waals surface area contributed by atoms with Crippen molar-refractivity contribution in [2.45, 2.75) is 6.42 Å². The van der Waals surface area contributed by atoms with Gasteiger partial charge in [0, 0.05) is 6.20 Å². The van der Waals surface area contributed by atoms with Crippen molar-refractivity contribution < 1.29 is 9.90 Å². The van der Waals surface area contributed by atoms with Crippen molar-refractivity contribution in [3.8, 4) is 5.75 Å². The van der Waals surface area contributed by atoms with E-state index < -0.39 is 0 Å². The Bertz CT molecular complexity index is 525. The molecular formula is C12H10ClN3O2. The highest BCUT2D eigenvalue weighted by Crippen LogP contribution is 2.12. The smallest absolute Gasteiger partial charge is 0.229 e. The number of anilines is 1. The first-order chi connectivity index (χ1) is 8.63. The molecule has 0 saturated heterocycles. The van der Waals surface area contributed by atoms with Crippen LogP contribution in [0.5, 0.6) is 5.75 Å². The number of hydrogen-bond donors (Lipinski definition) is 2. The van der Waals surface area contributed by atoms with Crippen LogP contribution < -0.4 is 5.32 Å². The molecule has 1 amide bonds. The summed E-state index contributed by atoms with van der Waals surface area (Å²) in [6.45, 7) is 0. The minimum atomic E-state index is -0.240. The van der Waals surface area contributed by atoms with Gasteiger partial charge in [0.25, 0.3) is 0 Å². The Morgan fingerprint density at radius 3 is 2.94 bits per heavy atom. The highest BCUT2D eigenvalue weighted by Gasteiger charge is 2.06. The van der Waals surface area contributed by atoms with E-state index in [2.05, 4.69) is 15.3 Å². The quantitative estimate of drug-likeness (QED) is 0.831. The maximum Gasteiger partial charge on any atom is 0.229 e. The molecule has 0 atom stereocenters. The SMILES string of the molecule is O=C(Cc1cccc(O)c1)Nc1ccnc(Cl)n1. The van der Waals surface area contributed by atoms with E-state index in [-0.39, 0.29) is 23.4 Å². The van der Waals surface area contributed by atoms with Gasteiger partial charge in [-0.15, -0.1) is 0 Å². The lowest BCUT2D eigenvalue weighted by Gasteiger charge is -2.04. The van der Waals surface area contributed by atoms with Gasteiger partial charge in [0.15, 0.2) is 0 Å². The monoisotopic (exact) mass is 263 g/mol. The molecule has 2 N–H and O–H groups in total. The lowest BCUT2D eigenvalue weighted by atomic mass is 10.1. The average Bonchev–Trinajstić information content (AvgIpc) is 2.28. The van der Waals surface area contributed by atoms with Gasteiger partial charge in [-0.25, -0.2) is 9.97 Å². The number of hydrogen-bond acceptors (Lipinski definition) is 4. The van der Waals surface area contributed by atoms with E-state index in [1.54, 1.807) is 24.3 Å². The zero-order valence-corrected chi connectivity index (χ0v) is 10.1. The molecule has 0 fully saturated rings.